The molecule has 7 heteroatoms. The highest BCUT2D eigenvalue weighted by Crippen LogP contribution is 2.22. The van der Waals surface area contributed by atoms with Crippen molar-refractivity contribution in [2.24, 2.45) is 5.92 Å². The van der Waals surface area contributed by atoms with Crippen LogP contribution in [-0.4, -0.2) is 45.9 Å². The maximum absolute atomic E-state index is 12.5. The third-order valence-corrected chi connectivity index (χ3v) is 5.48. The van der Waals surface area contributed by atoms with Gasteiger partial charge in [0.1, 0.15) is 5.82 Å². The smallest absolute Gasteiger partial charge is 0.228 e. The first kappa shape index (κ1) is 17.8. The van der Waals surface area contributed by atoms with Crippen LogP contribution in [0.3, 0.4) is 0 Å². The summed E-state index contributed by atoms with van der Waals surface area (Å²) in [6.07, 6.45) is 8.19. The summed E-state index contributed by atoms with van der Waals surface area (Å²) in [5.74, 6) is 1.55. The van der Waals surface area contributed by atoms with Crippen LogP contribution in [-0.2, 0) is 17.6 Å². The molecule has 2 aromatic heterocycles. The van der Waals surface area contributed by atoms with Crippen molar-refractivity contribution in [3.63, 3.8) is 0 Å². The van der Waals surface area contributed by atoms with Gasteiger partial charge in [0.15, 0.2) is 0 Å². The summed E-state index contributed by atoms with van der Waals surface area (Å²) >= 11 is 1.60. The van der Waals surface area contributed by atoms with Crippen molar-refractivity contribution >= 4 is 23.1 Å². The van der Waals surface area contributed by atoms with Gasteiger partial charge in [0.25, 0.3) is 0 Å². The summed E-state index contributed by atoms with van der Waals surface area (Å²) in [5, 5.41) is 5.99. The van der Waals surface area contributed by atoms with Crippen LogP contribution in [0.2, 0.25) is 0 Å². The van der Waals surface area contributed by atoms with Crippen molar-refractivity contribution in [3.05, 3.63) is 34.2 Å². The van der Waals surface area contributed by atoms with E-state index >= 15 is 0 Å². The maximum Gasteiger partial charge on any atom is 0.228 e. The Hall–Kier alpha value is -2.02. The Bertz CT molecular complexity index is 700. The third-order valence-electron chi connectivity index (χ3n) is 4.66. The number of carbonyl (C=O) groups is 1. The molecule has 1 fully saturated rings. The third kappa shape index (κ3) is 4.98. The summed E-state index contributed by atoms with van der Waals surface area (Å²) < 4.78 is 0. The minimum Gasteiger partial charge on any atom is -0.372 e. The highest BCUT2D eigenvalue weighted by atomic mass is 32.1. The Morgan fingerprint density at radius 1 is 1.28 bits per heavy atom. The van der Waals surface area contributed by atoms with E-state index in [2.05, 4.69) is 20.3 Å². The molecule has 3 heterocycles. The lowest BCUT2D eigenvalue weighted by atomic mass is 9.95. The number of anilines is 1. The Morgan fingerprint density at radius 3 is 2.84 bits per heavy atom. The highest BCUT2D eigenvalue weighted by molar-refractivity contribution is 7.09. The molecule has 1 amide bonds. The molecule has 0 aromatic carbocycles. The van der Waals surface area contributed by atoms with Crippen LogP contribution in [0, 0.1) is 12.8 Å². The number of thiazole rings is 1. The lowest BCUT2D eigenvalue weighted by Crippen LogP contribution is -2.33. The Kier molecular flexibility index (Phi) is 5.96. The SMILES string of the molecule is CNc1cnc(C[C@@H]2CCCN(C(=O)Cc3csc(C)n3)CC2)cn1. The van der Waals surface area contributed by atoms with Gasteiger partial charge in [-0.15, -0.1) is 11.3 Å². The van der Waals surface area contributed by atoms with Gasteiger partial charge >= 0.3 is 0 Å². The molecule has 0 saturated carbocycles. The fourth-order valence-electron chi connectivity index (χ4n) is 3.26. The van der Waals surface area contributed by atoms with Crippen LogP contribution < -0.4 is 5.32 Å². The molecular formula is C18H25N5OS. The molecule has 1 atom stereocenters. The predicted molar refractivity (Wildman–Crippen MR) is 99.8 cm³/mol. The van der Waals surface area contributed by atoms with E-state index in [-0.39, 0.29) is 5.91 Å². The zero-order valence-corrected chi connectivity index (χ0v) is 15.7. The largest absolute Gasteiger partial charge is 0.372 e. The zero-order chi connectivity index (χ0) is 17.6. The molecule has 1 aliphatic rings. The van der Waals surface area contributed by atoms with Gasteiger partial charge in [-0.1, -0.05) is 0 Å². The number of hydrogen-bond acceptors (Lipinski definition) is 6. The lowest BCUT2D eigenvalue weighted by molar-refractivity contribution is -0.130. The molecule has 3 rings (SSSR count). The van der Waals surface area contributed by atoms with E-state index in [1.807, 2.05) is 30.4 Å². The number of aryl methyl sites for hydroxylation is 1. The zero-order valence-electron chi connectivity index (χ0n) is 14.9. The first-order valence-electron chi connectivity index (χ1n) is 8.81. The van der Waals surface area contributed by atoms with Gasteiger partial charge in [-0.05, 0) is 38.5 Å². The Morgan fingerprint density at radius 2 is 2.16 bits per heavy atom. The van der Waals surface area contributed by atoms with E-state index in [1.54, 1.807) is 17.5 Å². The van der Waals surface area contributed by atoms with Gasteiger partial charge in [0.2, 0.25) is 5.91 Å². The van der Waals surface area contributed by atoms with Gasteiger partial charge in [-0.2, -0.15) is 0 Å². The van der Waals surface area contributed by atoms with Gasteiger partial charge in [0, 0.05) is 25.5 Å². The van der Waals surface area contributed by atoms with Crippen LogP contribution in [0.25, 0.3) is 0 Å². The fraction of sp³-hybridized carbons (Fsp3) is 0.556. The van der Waals surface area contributed by atoms with Crippen LogP contribution >= 0.6 is 11.3 Å². The van der Waals surface area contributed by atoms with Crippen molar-refractivity contribution in [1.29, 1.82) is 0 Å². The molecular weight excluding hydrogens is 334 g/mol. The van der Waals surface area contributed by atoms with Gasteiger partial charge in [0.05, 0.1) is 35.2 Å². The second-order valence-electron chi connectivity index (χ2n) is 6.56. The summed E-state index contributed by atoms with van der Waals surface area (Å²) in [5.41, 5.74) is 1.93. The van der Waals surface area contributed by atoms with E-state index in [0.717, 1.165) is 61.0 Å². The molecule has 1 N–H and O–H groups in total. The van der Waals surface area contributed by atoms with Crippen LogP contribution in [0.4, 0.5) is 5.82 Å². The molecule has 1 saturated heterocycles. The molecule has 2 aromatic rings. The highest BCUT2D eigenvalue weighted by Gasteiger charge is 2.22. The molecule has 0 bridgehead atoms. The van der Waals surface area contributed by atoms with Crippen molar-refractivity contribution in [1.82, 2.24) is 19.9 Å². The van der Waals surface area contributed by atoms with Crippen molar-refractivity contribution in [2.75, 3.05) is 25.5 Å². The first-order valence-corrected chi connectivity index (χ1v) is 9.69. The van der Waals surface area contributed by atoms with Crippen LogP contribution in [0.15, 0.2) is 17.8 Å². The fourth-order valence-corrected chi connectivity index (χ4v) is 3.87. The minimum atomic E-state index is 0.198. The number of amides is 1. The lowest BCUT2D eigenvalue weighted by Gasteiger charge is -2.20. The number of nitrogens with one attached hydrogen (secondary N) is 1. The minimum absolute atomic E-state index is 0.198. The average molecular weight is 359 g/mol. The Labute approximate surface area is 152 Å². The van der Waals surface area contributed by atoms with Crippen LogP contribution in [0.5, 0.6) is 0 Å². The molecule has 134 valence electrons. The monoisotopic (exact) mass is 359 g/mol. The van der Waals surface area contributed by atoms with E-state index in [9.17, 15) is 4.79 Å². The predicted octanol–water partition coefficient (Wildman–Crippen LogP) is 2.70. The number of likely N-dealkylation sites (tertiary alicyclic amines) is 1. The number of carbonyl (C=O) groups excluding carboxylic acids is 1. The van der Waals surface area contributed by atoms with Gasteiger partial charge in [-0.25, -0.2) is 9.97 Å². The van der Waals surface area contributed by atoms with Gasteiger partial charge in [-0.3, -0.25) is 9.78 Å². The number of nitrogens with zero attached hydrogens (tertiary/aromatic N) is 4. The standard InChI is InChI=1S/C18H25N5OS/c1-13-22-16(12-25-13)9-18(24)23-6-3-4-14(5-7-23)8-15-10-21-17(19-2)11-20-15/h10-12,14H,3-9H2,1-2H3,(H,19,21)/t14-/m1/s1. The molecule has 25 heavy (non-hydrogen) atoms. The quantitative estimate of drug-likeness (QED) is 0.889. The van der Waals surface area contributed by atoms with Crippen molar-refractivity contribution in [2.45, 2.75) is 39.0 Å². The molecule has 0 spiro atoms. The molecule has 0 unspecified atom stereocenters. The number of hydrogen-bond donors (Lipinski definition) is 1. The average Bonchev–Trinajstić information content (AvgIpc) is 2.88. The number of rotatable bonds is 5. The second-order valence-corrected chi connectivity index (χ2v) is 7.62. The summed E-state index contributed by atoms with van der Waals surface area (Å²) in [7, 11) is 1.84. The normalized spacial score (nSPS) is 18.0. The molecule has 0 aliphatic carbocycles. The van der Waals surface area contributed by atoms with Crippen molar-refractivity contribution < 1.29 is 4.79 Å². The molecule has 1 aliphatic heterocycles. The second kappa shape index (κ2) is 8.38. The molecule has 6 nitrogen and oxygen atoms in total. The maximum atomic E-state index is 12.5. The van der Waals surface area contributed by atoms with E-state index in [1.165, 1.54) is 0 Å². The van der Waals surface area contributed by atoms with Crippen LogP contribution in [0.1, 0.15) is 35.7 Å². The summed E-state index contributed by atoms with van der Waals surface area (Å²) in [6.45, 7) is 3.65. The summed E-state index contributed by atoms with van der Waals surface area (Å²) in [6, 6.07) is 0. The topological polar surface area (TPSA) is 71.0 Å². The van der Waals surface area contributed by atoms with E-state index in [0.29, 0.717) is 12.3 Å². The number of aromatic nitrogens is 3. The van der Waals surface area contributed by atoms with Crippen molar-refractivity contribution in [3.8, 4) is 0 Å². The first-order chi connectivity index (χ1) is 12.1. The van der Waals surface area contributed by atoms with E-state index < -0.39 is 0 Å². The Balaban J connectivity index is 1.51. The van der Waals surface area contributed by atoms with E-state index in [4.69, 9.17) is 0 Å². The summed E-state index contributed by atoms with van der Waals surface area (Å²) in [4.78, 5) is 27.7. The molecule has 0 radical (unpaired) electrons. The van der Waals surface area contributed by atoms with Gasteiger partial charge < -0.3 is 10.2 Å².